The van der Waals surface area contributed by atoms with E-state index >= 15 is 0 Å². The number of nitrogens with one attached hydrogen (secondary N) is 2. The van der Waals surface area contributed by atoms with Crippen molar-refractivity contribution in [2.24, 2.45) is 0 Å². The van der Waals surface area contributed by atoms with Crippen molar-refractivity contribution in [1.82, 2.24) is 10.3 Å². The second-order valence-electron chi connectivity index (χ2n) is 5.72. The Balaban J connectivity index is 1.45. The number of carbonyl (C=O) groups excluding carboxylic acids is 1. The van der Waals surface area contributed by atoms with Gasteiger partial charge in [0.1, 0.15) is 17.3 Å². The lowest BCUT2D eigenvalue weighted by atomic mass is 10.1. The van der Waals surface area contributed by atoms with E-state index in [4.69, 9.17) is 9.15 Å². The molecular formula is C20H21N3O3. The van der Waals surface area contributed by atoms with E-state index in [0.29, 0.717) is 24.5 Å². The van der Waals surface area contributed by atoms with Gasteiger partial charge in [0.15, 0.2) is 0 Å². The first-order valence-corrected chi connectivity index (χ1v) is 8.38. The van der Waals surface area contributed by atoms with Crippen LogP contribution in [0.25, 0.3) is 0 Å². The van der Waals surface area contributed by atoms with Crippen LogP contribution in [0.15, 0.2) is 65.4 Å². The second-order valence-corrected chi connectivity index (χ2v) is 5.72. The number of rotatable bonds is 8. The molecule has 0 atom stereocenters. The van der Waals surface area contributed by atoms with Crippen molar-refractivity contribution in [3.63, 3.8) is 0 Å². The standard InChI is InChI=1S/C20H21N3O3/c1-25-17-7-4-15(5-8-17)10-11-21-20(24)16-6-9-19(22-13-16)23-14-18-3-2-12-26-18/h2-9,12-13H,10-11,14H2,1H3,(H,21,24)(H,22,23). The number of carbonyl (C=O) groups is 1. The van der Waals surface area contributed by atoms with Crippen LogP contribution in [0.4, 0.5) is 5.82 Å². The molecule has 3 rings (SSSR count). The molecule has 0 saturated heterocycles. The summed E-state index contributed by atoms with van der Waals surface area (Å²) in [6, 6.07) is 15.1. The quantitative estimate of drug-likeness (QED) is 0.651. The normalized spacial score (nSPS) is 10.3. The number of amides is 1. The smallest absolute Gasteiger partial charge is 0.252 e. The minimum absolute atomic E-state index is 0.136. The molecule has 134 valence electrons. The van der Waals surface area contributed by atoms with E-state index in [2.05, 4.69) is 15.6 Å². The van der Waals surface area contributed by atoms with Crippen LogP contribution >= 0.6 is 0 Å². The molecule has 26 heavy (non-hydrogen) atoms. The van der Waals surface area contributed by atoms with Gasteiger partial charge in [0, 0.05) is 12.7 Å². The van der Waals surface area contributed by atoms with Crippen molar-refractivity contribution >= 4 is 11.7 Å². The van der Waals surface area contributed by atoms with Gasteiger partial charge in [-0.05, 0) is 48.4 Å². The topological polar surface area (TPSA) is 76.4 Å². The fourth-order valence-corrected chi connectivity index (χ4v) is 2.44. The lowest BCUT2D eigenvalue weighted by Gasteiger charge is -2.07. The third-order valence-electron chi connectivity index (χ3n) is 3.91. The number of methoxy groups -OCH3 is 1. The third-order valence-corrected chi connectivity index (χ3v) is 3.91. The molecule has 6 heteroatoms. The summed E-state index contributed by atoms with van der Waals surface area (Å²) in [5.74, 6) is 2.21. The summed E-state index contributed by atoms with van der Waals surface area (Å²) < 4.78 is 10.4. The Morgan fingerprint density at radius 2 is 2.00 bits per heavy atom. The average Bonchev–Trinajstić information content (AvgIpc) is 3.21. The number of pyridine rings is 1. The number of furan rings is 1. The summed E-state index contributed by atoms with van der Waals surface area (Å²) in [5, 5.41) is 6.04. The van der Waals surface area contributed by atoms with Crippen molar-refractivity contribution in [3.05, 3.63) is 77.9 Å². The number of hydrogen-bond donors (Lipinski definition) is 2. The maximum Gasteiger partial charge on any atom is 0.252 e. The summed E-state index contributed by atoms with van der Waals surface area (Å²) in [6.45, 7) is 1.11. The molecule has 0 radical (unpaired) electrons. The molecule has 0 unspecified atom stereocenters. The van der Waals surface area contributed by atoms with Crippen LogP contribution in [0.1, 0.15) is 21.7 Å². The molecule has 2 aromatic heterocycles. The Morgan fingerprint density at radius 3 is 2.65 bits per heavy atom. The van der Waals surface area contributed by atoms with Gasteiger partial charge in [-0.25, -0.2) is 4.98 Å². The molecule has 3 aromatic rings. The van der Waals surface area contributed by atoms with Crippen LogP contribution in [-0.4, -0.2) is 24.5 Å². The van der Waals surface area contributed by atoms with E-state index in [9.17, 15) is 4.79 Å². The Kier molecular flexibility index (Phi) is 5.88. The highest BCUT2D eigenvalue weighted by molar-refractivity contribution is 5.94. The zero-order chi connectivity index (χ0) is 18.2. The highest BCUT2D eigenvalue weighted by atomic mass is 16.5. The molecule has 0 aliphatic carbocycles. The maximum absolute atomic E-state index is 12.2. The van der Waals surface area contributed by atoms with Gasteiger partial charge in [0.2, 0.25) is 0 Å². The van der Waals surface area contributed by atoms with E-state index < -0.39 is 0 Å². The predicted octanol–water partition coefficient (Wildman–Crippen LogP) is 3.27. The van der Waals surface area contributed by atoms with Gasteiger partial charge < -0.3 is 19.8 Å². The number of hydrogen-bond acceptors (Lipinski definition) is 5. The molecule has 0 spiro atoms. The predicted molar refractivity (Wildman–Crippen MR) is 99.3 cm³/mol. The van der Waals surface area contributed by atoms with E-state index in [1.54, 1.807) is 31.7 Å². The SMILES string of the molecule is COc1ccc(CCNC(=O)c2ccc(NCc3ccco3)nc2)cc1. The average molecular weight is 351 g/mol. The highest BCUT2D eigenvalue weighted by Crippen LogP contribution is 2.11. The van der Waals surface area contributed by atoms with Crippen molar-refractivity contribution in [2.45, 2.75) is 13.0 Å². The molecule has 0 saturated carbocycles. The summed E-state index contributed by atoms with van der Waals surface area (Å²) in [5.41, 5.74) is 1.67. The zero-order valence-electron chi connectivity index (χ0n) is 14.6. The Morgan fingerprint density at radius 1 is 1.15 bits per heavy atom. The highest BCUT2D eigenvalue weighted by Gasteiger charge is 2.06. The molecule has 2 N–H and O–H groups in total. The fourth-order valence-electron chi connectivity index (χ4n) is 2.44. The molecule has 0 fully saturated rings. The van der Waals surface area contributed by atoms with Crippen LogP contribution in [0, 0.1) is 0 Å². The van der Waals surface area contributed by atoms with E-state index in [0.717, 1.165) is 23.5 Å². The van der Waals surface area contributed by atoms with Crippen molar-refractivity contribution in [2.75, 3.05) is 19.0 Å². The summed E-state index contributed by atoms with van der Waals surface area (Å²) in [7, 11) is 1.64. The number of anilines is 1. The maximum atomic E-state index is 12.2. The molecule has 1 aromatic carbocycles. The van der Waals surface area contributed by atoms with Crippen LogP contribution in [0.5, 0.6) is 5.75 Å². The van der Waals surface area contributed by atoms with E-state index in [1.165, 1.54) is 0 Å². The molecule has 6 nitrogen and oxygen atoms in total. The fraction of sp³-hybridized carbons (Fsp3) is 0.200. The van der Waals surface area contributed by atoms with Gasteiger partial charge in [0.05, 0.1) is 25.5 Å². The Bertz CT molecular complexity index is 813. The summed E-state index contributed by atoms with van der Waals surface area (Å²) in [4.78, 5) is 16.4. The van der Waals surface area contributed by atoms with Crippen LogP contribution in [-0.2, 0) is 13.0 Å². The number of ether oxygens (including phenoxy) is 1. The summed E-state index contributed by atoms with van der Waals surface area (Å²) >= 11 is 0. The Labute approximate surface area is 152 Å². The molecule has 2 heterocycles. The van der Waals surface area contributed by atoms with Crippen LogP contribution < -0.4 is 15.4 Å². The van der Waals surface area contributed by atoms with Gasteiger partial charge in [-0.15, -0.1) is 0 Å². The van der Waals surface area contributed by atoms with Crippen molar-refractivity contribution in [1.29, 1.82) is 0 Å². The number of nitrogens with zero attached hydrogens (tertiary/aromatic N) is 1. The Hall–Kier alpha value is -3.28. The van der Waals surface area contributed by atoms with Crippen molar-refractivity contribution in [3.8, 4) is 5.75 Å². The second kappa shape index (κ2) is 8.71. The van der Waals surface area contributed by atoms with E-state index in [-0.39, 0.29) is 5.91 Å². The first-order valence-electron chi connectivity index (χ1n) is 8.38. The summed E-state index contributed by atoms with van der Waals surface area (Å²) in [6.07, 6.45) is 3.95. The van der Waals surface area contributed by atoms with Gasteiger partial charge in [-0.1, -0.05) is 12.1 Å². The monoisotopic (exact) mass is 351 g/mol. The lowest BCUT2D eigenvalue weighted by molar-refractivity contribution is 0.0954. The largest absolute Gasteiger partial charge is 0.497 e. The molecule has 0 aliphatic rings. The molecule has 0 bridgehead atoms. The van der Waals surface area contributed by atoms with Gasteiger partial charge >= 0.3 is 0 Å². The number of aromatic nitrogens is 1. The van der Waals surface area contributed by atoms with Crippen LogP contribution in [0.2, 0.25) is 0 Å². The van der Waals surface area contributed by atoms with Gasteiger partial charge in [-0.3, -0.25) is 4.79 Å². The molecule has 1 amide bonds. The zero-order valence-corrected chi connectivity index (χ0v) is 14.6. The third kappa shape index (κ3) is 4.86. The van der Waals surface area contributed by atoms with E-state index in [1.807, 2.05) is 36.4 Å². The first kappa shape index (κ1) is 17.5. The lowest BCUT2D eigenvalue weighted by Crippen LogP contribution is -2.25. The molecule has 0 aliphatic heterocycles. The first-order chi connectivity index (χ1) is 12.7. The molecular weight excluding hydrogens is 330 g/mol. The van der Waals surface area contributed by atoms with Crippen LogP contribution in [0.3, 0.4) is 0 Å². The number of benzene rings is 1. The van der Waals surface area contributed by atoms with Gasteiger partial charge in [-0.2, -0.15) is 0 Å². The minimum Gasteiger partial charge on any atom is -0.497 e. The van der Waals surface area contributed by atoms with Gasteiger partial charge in [0.25, 0.3) is 5.91 Å². The van der Waals surface area contributed by atoms with Crippen molar-refractivity contribution < 1.29 is 13.9 Å². The minimum atomic E-state index is -0.136.